The van der Waals surface area contributed by atoms with Crippen LogP contribution in [0.25, 0.3) is 32.9 Å². The number of imide groups is 1. The van der Waals surface area contributed by atoms with Gasteiger partial charge in [0.15, 0.2) is 0 Å². The van der Waals surface area contributed by atoms with Gasteiger partial charge in [-0.05, 0) is 29.8 Å². The van der Waals surface area contributed by atoms with E-state index in [1.165, 1.54) is 12.1 Å². The molecule has 0 aliphatic carbocycles. The molecule has 5 rings (SSSR count). The Labute approximate surface area is 174 Å². The van der Waals surface area contributed by atoms with Crippen LogP contribution in [0.4, 0.5) is 0 Å². The zero-order chi connectivity index (χ0) is 21.3. The zero-order valence-corrected chi connectivity index (χ0v) is 16.2. The van der Waals surface area contributed by atoms with E-state index >= 15 is 0 Å². The predicted octanol–water partition coefficient (Wildman–Crippen LogP) is 3.94. The minimum absolute atomic E-state index is 0.181. The van der Waals surface area contributed by atoms with Crippen molar-refractivity contribution in [1.82, 2.24) is 9.88 Å². The Morgan fingerprint density at radius 3 is 2.40 bits per heavy atom. The van der Waals surface area contributed by atoms with Crippen LogP contribution in [0.1, 0.15) is 31.1 Å². The SMILES string of the molecule is Cn1c2cc(C(=O)O)c(O)cc2c2c3c(c(-c4ccccc4Cl)cc21)C(=O)NC3=O. The third kappa shape index (κ3) is 2.29. The van der Waals surface area contributed by atoms with Gasteiger partial charge in [0, 0.05) is 33.9 Å². The van der Waals surface area contributed by atoms with E-state index in [2.05, 4.69) is 5.32 Å². The fraction of sp³-hybridized carbons (Fsp3) is 0.0455. The van der Waals surface area contributed by atoms with E-state index in [1.807, 2.05) is 0 Å². The molecule has 1 aliphatic heterocycles. The largest absolute Gasteiger partial charge is 0.507 e. The van der Waals surface area contributed by atoms with Crippen LogP contribution in [0.5, 0.6) is 5.75 Å². The van der Waals surface area contributed by atoms with E-state index in [4.69, 9.17) is 11.6 Å². The van der Waals surface area contributed by atoms with Crippen LogP contribution in [0.3, 0.4) is 0 Å². The molecule has 2 heterocycles. The van der Waals surface area contributed by atoms with Gasteiger partial charge in [0.2, 0.25) is 0 Å². The number of aromatic hydroxyl groups is 1. The number of rotatable bonds is 2. The van der Waals surface area contributed by atoms with Gasteiger partial charge in [-0.2, -0.15) is 0 Å². The summed E-state index contributed by atoms with van der Waals surface area (Å²) < 4.78 is 1.73. The summed E-state index contributed by atoms with van der Waals surface area (Å²) in [4.78, 5) is 36.9. The highest BCUT2D eigenvalue weighted by molar-refractivity contribution is 6.36. The maximum atomic E-state index is 12.7. The Morgan fingerprint density at radius 2 is 1.70 bits per heavy atom. The Bertz CT molecular complexity index is 1470. The molecule has 0 atom stereocenters. The van der Waals surface area contributed by atoms with Crippen LogP contribution in [-0.4, -0.2) is 32.6 Å². The normalized spacial score (nSPS) is 13.1. The number of hydrogen-bond acceptors (Lipinski definition) is 4. The Morgan fingerprint density at radius 1 is 1.00 bits per heavy atom. The monoisotopic (exact) mass is 420 g/mol. The number of halogens is 1. The molecule has 0 saturated carbocycles. The highest BCUT2D eigenvalue weighted by atomic mass is 35.5. The molecule has 0 fully saturated rings. The number of carbonyl (C=O) groups is 3. The third-order valence-corrected chi connectivity index (χ3v) is 5.82. The van der Waals surface area contributed by atoms with Gasteiger partial charge in [0.05, 0.1) is 16.6 Å². The average molecular weight is 421 g/mol. The number of benzene rings is 3. The molecular weight excluding hydrogens is 408 g/mol. The molecule has 3 N–H and O–H groups in total. The van der Waals surface area contributed by atoms with E-state index in [0.717, 1.165) is 0 Å². The molecule has 0 saturated heterocycles. The minimum Gasteiger partial charge on any atom is -0.507 e. The fourth-order valence-corrected chi connectivity index (χ4v) is 4.38. The lowest BCUT2D eigenvalue weighted by Gasteiger charge is -2.10. The van der Waals surface area contributed by atoms with Crippen molar-refractivity contribution < 1.29 is 24.6 Å². The fourth-order valence-electron chi connectivity index (χ4n) is 4.14. The first-order valence-corrected chi connectivity index (χ1v) is 9.33. The lowest BCUT2D eigenvalue weighted by Crippen LogP contribution is -2.20. The number of fused-ring (bicyclic) bond motifs is 5. The molecule has 7 nitrogen and oxygen atoms in total. The van der Waals surface area contributed by atoms with E-state index in [9.17, 15) is 24.6 Å². The van der Waals surface area contributed by atoms with Gasteiger partial charge in [-0.25, -0.2) is 4.79 Å². The maximum absolute atomic E-state index is 12.7. The standard InChI is InChI=1S/C22H13ClN2O5/c1-25-14-7-12(22(29)30)16(26)8-11(14)17-15(25)6-10(9-4-2-3-5-13(9)23)18-19(17)21(28)24-20(18)27/h2-8,26H,1H3,(H,29,30)(H,24,27,28). The average Bonchev–Trinajstić information content (AvgIpc) is 3.14. The van der Waals surface area contributed by atoms with E-state index in [-0.39, 0.29) is 16.7 Å². The van der Waals surface area contributed by atoms with Gasteiger partial charge >= 0.3 is 5.97 Å². The second kappa shape index (κ2) is 6.08. The van der Waals surface area contributed by atoms with Crippen molar-refractivity contribution in [3.05, 3.63) is 64.2 Å². The Kier molecular flexibility index (Phi) is 3.69. The van der Waals surface area contributed by atoms with Gasteiger partial charge in [0.25, 0.3) is 11.8 Å². The number of carbonyl (C=O) groups excluding carboxylic acids is 2. The molecule has 30 heavy (non-hydrogen) atoms. The number of aromatic carboxylic acids is 1. The quantitative estimate of drug-likeness (QED) is 0.426. The number of hydrogen-bond donors (Lipinski definition) is 3. The maximum Gasteiger partial charge on any atom is 0.339 e. The summed E-state index contributed by atoms with van der Waals surface area (Å²) in [5, 5.41) is 23.3. The first-order valence-electron chi connectivity index (χ1n) is 8.95. The van der Waals surface area contributed by atoms with Crippen molar-refractivity contribution in [3.8, 4) is 16.9 Å². The Balaban J connectivity index is 2.01. The number of aromatic nitrogens is 1. The molecule has 2 amide bonds. The molecule has 0 spiro atoms. The number of amides is 2. The molecule has 1 aromatic heterocycles. The van der Waals surface area contributed by atoms with Gasteiger partial charge in [-0.3, -0.25) is 14.9 Å². The van der Waals surface area contributed by atoms with Crippen molar-refractivity contribution in [2.24, 2.45) is 7.05 Å². The molecule has 8 heteroatoms. The molecule has 4 aromatic rings. The van der Waals surface area contributed by atoms with Crippen molar-refractivity contribution in [1.29, 1.82) is 0 Å². The van der Waals surface area contributed by atoms with Crippen LogP contribution in [0, 0.1) is 0 Å². The molecular formula is C22H13ClN2O5. The van der Waals surface area contributed by atoms with Gasteiger partial charge in [-0.1, -0.05) is 29.8 Å². The van der Waals surface area contributed by atoms with E-state index in [1.54, 1.807) is 41.9 Å². The van der Waals surface area contributed by atoms with E-state index < -0.39 is 23.5 Å². The second-order valence-corrected chi connectivity index (χ2v) is 7.49. The van der Waals surface area contributed by atoms with Gasteiger partial charge in [-0.15, -0.1) is 0 Å². The van der Waals surface area contributed by atoms with E-state index in [0.29, 0.717) is 38.0 Å². The number of aryl methyl sites for hydroxylation is 1. The third-order valence-electron chi connectivity index (χ3n) is 5.49. The number of carboxylic acid groups (broad SMARTS) is 1. The topological polar surface area (TPSA) is 109 Å². The van der Waals surface area contributed by atoms with Crippen molar-refractivity contribution in [3.63, 3.8) is 0 Å². The highest BCUT2D eigenvalue weighted by Gasteiger charge is 2.35. The van der Waals surface area contributed by atoms with Crippen LogP contribution < -0.4 is 5.32 Å². The van der Waals surface area contributed by atoms with Crippen LogP contribution in [-0.2, 0) is 7.05 Å². The second-order valence-electron chi connectivity index (χ2n) is 7.08. The zero-order valence-electron chi connectivity index (χ0n) is 15.5. The van der Waals surface area contributed by atoms with Crippen molar-refractivity contribution in [2.45, 2.75) is 0 Å². The van der Waals surface area contributed by atoms with Crippen molar-refractivity contribution in [2.75, 3.05) is 0 Å². The summed E-state index contributed by atoms with van der Waals surface area (Å²) in [6.07, 6.45) is 0. The summed E-state index contributed by atoms with van der Waals surface area (Å²) in [7, 11) is 1.73. The summed E-state index contributed by atoms with van der Waals surface area (Å²) in [6, 6.07) is 11.4. The van der Waals surface area contributed by atoms with Crippen LogP contribution >= 0.6 is 11.6 Å². The number of nitrogens with zero attached hydrogens (tertiary/aromatic N) is 1. The lowest BCUT2D eigenvalue weighted by molar-refractivity contribution is 0.0693. The number of phenols is 1. The molecule has 0 radical (unpaired) electrons. The predicted molar refractivity (Wildman–Crippen MR) is 111 cm³/mol. The van der Waals surface area contributed by atoms with Gasteiger partial charge < -0.3 is 14.8 Å². The highest BCUT2D eigenvalue weighted by Crippen LogP contribution is 2.42. The molecule has 0 unspecified atom stereocenters. The lowest BCUT2D eigenvalue weighted by atomic mass is 9.92. The molecule has 0 bridgehead atoms. The molecule has 3 aromatic carbocycles. The summed E-state index contributed by atoms with van der Waals surface area (Å²) in [6.45, 7) is 0. The summed E-state index contributed by atoms with van der Waals surface area (Å²) in [5.74, 6) is -2.77. The first-order chi connectivity index (χ1) is 14.3. The first kappa shape index (κ1) is 18.2. The molecule has 148 valence electrons. The number of carboxylic acids is 1. The molecule has 1 aliphatic rings. The summed E-state index contributed by atoms with van der Waals surface area (Å²) >= 11 is 6.37. The summed E-state index contributed by atoms with van der Waals surface area (Å²) in [5.41, 5.74) is 2.34. The number of nitrogens with one attached hydrogen (secondary N) is 1. The van der Waals surface area contributed by atoms with Crippen LogP contribution in [0.15, 0.2) is 42.5 Å². The minimum atomic E-state index is -1.27. The van der Waals surface area contributed by atoms with Gasteiger partial charge in [0.1, 0.15) is 11.3 Å². The Hall–Kier alpha value is -3.84. The van der Waals surface area contributed by atoms with Crippen LogP contribution in [0.2, 0.25) is 5.02 Å². The smallest absolute Gasteiger partial charge is 0.339 e. The van der Waals surface area contributed by atoms with Crippen molar-refractivity contribution >= 4 is 51.2 Å².